The summed E-state index contributed by atoms with van der Waals surface area (Å²) in [7, 11) is 0. The number of hydrogen-bond donors (Lipinski definition) is 0. The van der Waals surface area contributed by atoms with Crippen molar-refractivity contribution in [3.8, 4) is 0 Å². The van der Waals surface area contributed by atoms with E-state index >= 15 is 0 Å². The van der Waals surface area contributed by atoms with Crippen molar-refractivity contribution in [2.24, 2.45) is 0 Å². The summed E-state index contributed by atoms with van der Waals surface area (Å²) < 4.78 is 1.39. The van der Waals surface area contributed by atoms with Gasteiger partial charge in [-0.3, -0.25) is 4.79 Å². The highest BCUT2D eigenvalue weighted by Crippen LogP contribution is 2.16. The van der Waals surface area contributed by atoms with E-state index in [-0.39, 0.29) is 5.56 Å². The number of allylic oxidation sites excluding steroid dienone is 1. The molecule has 0 radical (unpaired) electrons. The van der Waals surface area contributed by atoms with Crippen molar-refractivity contribution in [2.75, 3.05) is 23.9 Å². The summed E-state index contributed by atoms with van der Waals surface area (Å²) in [6, 6.07) is 1.64. The van der Waals surface area contributed by atoms with E-state index in [9.17, 15) is 4.79 Å². The lowest BCUT2D eigenvalue weighted by molar-refractivity contribution is 0.631. The zero-order valence-corrected chi connectivity index (χ0v) is 10.5. The third-order valence-corrected chi connectivity index (χ3v) is 3.27. The van der Waals surface area contributed by atoms with Gasteiger partial charge >= 0.3 is 0 Å². The number of nitrogens with zero attached hydrogens (tertiary/aromatic N) is 3. The highest BCUT2D eigenvalue weighted by atomic mass is 35.5. The van der Waals surface area contributed by atoms with Gasteiger partial charge in [0.15, 0.2) is 0 Å². The standard InChI is InChI=1S/C12H16ClN3O/c1-10(7-13)9-16-12(17)6-11(8-14-16)15-4-2-3-5-15/h6,8H,1-5,7,9H2. The van der Waals surface area contributed by atoms with Crippen LogP contribution in [0.15, 0.2) is 29.2 Å². The van der Waals surface area contributed by atoms with Crippen LogP contribution in [-0.4, -0.2) is 28.8 Å². The Bertz CT molecular complexity index is 463. The highest BCUT2D eigenvalue weighted by molar-refractivity contribution is 6.19. The second kappa shape index (κ2) is 5.36. The summed E-state index contributed by atoms with van der Waals surface area (Å²) in [4.78, 5) is 14.0. The number of halogens is 1. The van der Waals surface area contributed by atoms with Crippen molar-refractivity contribution in [1.29, 1.82) is 0 Å². The van der Waals surface area contributed by atoms with Gasteiger partial charge in [-0.05, 0) is 18.4 Å². The van der Waals surface area contributed by atoms with Crippen LogP contribution in [-0.2, 0) is 6.54 Å². The first-order valence-electron chi connectivity index (χ1n) is 5.75. The summed E-state index contributed by atoms with van der Waals surface area (Å²) in [6.07, 6.45) is 4.12. The summed E-state index contributed by atoms with van der Waals surface area (Å²) in [5, 5.41) is 4.15. The van der Waals surface area contributed by atoms with Gasteiger partial charge in [0.05, 0.1) is 18.4 Å². The molecule has 1 aliphatic rings. The fraction of sp³-hybridized carbons (Fsp3) is 0.500. The van der Waals surface area contributed by atoms with E-state index < -0.39 is 0 Å². The van der Waals surface area contributed by atoms with Gasteiger partial charge in [-0.25, -0.2) is 4.68 Å². The lowest BCUT2D eigenvalue weighted by Crippen LogP contribution is -2.26. The molecule has 0 spiro atoms. The second-order valence-corrected chi connectivity index (χ2v) is 4.55. The van der Waals surface area contributed by atoms with E-state index in [2.05, 4.69) is 16.6 Å². The zero-order chi connectivity index (χ0) is 12.3. The third-order valence-electron chi connectivity index (χ3n) is 2.89. The molecule has 0 bridgehead atoms. The van der Waals surface area contributed by atoms with Crippen LogP contribution in [0.5, 0.6) is 0 Å². The molecular formula is C12H16ClN3O. The van der Waals surface area contributed by atoms with Crippen LogP contribution in [0, 0.1) is 0 Å². The van der Waals surface area contributed by atoms with Gasteiger partial charge in [0.1, 0.15) is 0 Å². The van der Waals surface area contributed by atoms with Crippen LogP contribution in [0.2, 0.25) is 0 Å². The van der Waals surface area contributed by atoms with Crippen molar-refractivity contribution >= 4 is 17.3 Å². The van der Waals surface area contributed by atoms with Crippen LogP contribution < -0.4 is 10.5 Å². The van der Waals surface area contributed by atoms with Crippen molar-refractivity contribution in [3.05, 3.63) is 34.8 Å². The van der Waals surface area contributed by atoms with Crippen LogP contribution in [0.25, 0.3) is 0 Å². The van der Waals surface area contributed by atoms with Gasteiger partial charge in [0.25, 0.3) is 5.56 Å². The van der Waals surface area contributed by atoms with Gasteiger partial charge in [-0.2, -0.15) is 5.10 Å². The van der Waals surface area contributed by atoms with Gasteiger partial charge in [-0.1, -0.05) is 6.58 Å². The van der Waals surface area contributed by atoms with Crippen molar-refractivity contribution in [1.82, 2.24) is 9.78 Å². The Morgan fingerprint density at radius 2 is 2.18 bits per heavy atom. The minimum absolute atomic E-state index is 0.0966. The first kappa shape index (κ1) is 12.2. The van der Waals surface area contributed by atoms with Crippen molar-refractivity contribution < 1.29 is 0 Å². The quantitative estimate of drug-likeness (QED) is 0.605. The molecule has 0 N–H and O–H groups in total. The molecule has 17 heavy (non-hydrogen) atoms. The molecule has 1 aromatic rings. The lowest BCUT2D eigenvalue weighted by Gasteiger charge is -2.17. The van der Waals surface area contributed by atoms with E-state index in [1.54, 1.807) is 12.3 Å². The summed E-state index contributed by atoms with van der Waals surface area (Å²) in [6.45, 7) is 6.19. The molecule has 1 aliphatic heterocycles. The second-order valence-electron chi connectivity index (χ2n) is 4.29. The van der Waals surface area contributed by atoms with E-state index in [0.29, 0.717) is 12.4 Å². The normalized spacial score (nSPS) is 15.2. The summed E-state index contributed by atoms with van der Waals surface area (Å²) in [5.74, 6) is 0.349. The smallest absolute Gasteiger partial charge is 0.269 e. The number of rotatable bonds is 4. The molecule has 0 unspecified atom stereocenters. The van der Waals surface area contributed by atoms with E-state index in [1.165, 1.54) is 17.5 Å². The highest BCUT2D eigenvalue weighted by Gasteiger charge is 2.13. The maximum Gasteiger partial charge on any atom is 0.269 e. The Labute approximate surface area is 105 Å². The Kier molecular flexibility index (Phi) is 3.84. The maximum absolute atomic E-state index is 11.8. The topological polar surface area (TPSA) is 38.1 Å². The van der Waals surface area contributed by atoms with Crippen molar-refractivity contribution in [3.63, 3.8) is 0 Å². The molecule has 0 atom stereocenters. The van der Waals surface area contributed by atoms with Crippen LogP contribution in [0.4, 0.5) is 5.69 Å². The van der Waals surface area contributed by atoms with Gasteiger partial charge in [-0.15, -0.1) is 11.6 Å². The fourth-order valence-corrected chi connectivity index (χ4v) is 2.03. The number of alkyl halides is 1. The number of aromatic nitrogens is 2. The number of anilines is 1. The minimum Gasteiger partial charge on any atom is -0.370 e. The van der Waals surface area contributed by atoms with Crippen molar-refractivity contribution in [2.45, 2.75) is 19.4 Å². The third kappa shape index (κ3) is 2.88. The Morgan fingerprint density at radius 3 is 2.76 bits per heavy atom. The van der Waals surface area contributed by atoms with Gasteiger partial charge in [0.2, 0.25) is 0 Å². The molecule has 1 aromatic heterocycles. The average Bonchev–Trinajstić information content (AvgIpc) is 2.85. The predicted octanol–water partition coefficient (Wildman–Crippen LogP) is 1.64. The molecule has 5 heteroatoms. The maximum atomic E-state index is 11.8. The minimum atomic E-state index is -0.0966. The van der Waals surface area contributed by atoms with Crippen LogP contribution in [0.1, 0.15) is 12.8 Å². The number of hydrogen-bond acceptors (Lipinski definition) is 3. The molecule has 4 nitrogen and oxygen atoms in total. The Hall–Kier alpha value is -1.29. The molecule has 0 aliphatic carbocycles. The molecule has 2 heterocycles. The molecular weight excluding hydrogens is 238 g/mol. The van der Waals surface area contributed by atoms with Gasteiger partial charge in [0, 0.05) is 25.0 Å². The predicted molar refractivity (Wildman–Crippen MR) is 69.8 cm³/mol. The average molecular weight is 254 g/mol. The summed E-state index contributed by atoms with van der Waals surface area (Å²) in [5.41, 5.74) is 1.61. The summed E-state index contributed by atoms with van der Waals surface area (Å²) >= 11 is 5.64. The zero-order valence-electron chi connectivity index (χ0n) is 9.73. The SMILES string of the molecule is C=C(CCl)Cn1ncc(N2CCCC2)cc1=O. The van der Waals surface area contributed by atoms with Crippen LogP contribution in [0.3, 0.4) is 0 Å². The molecule has 2 rings (SSSR count). The first-order chi connectivity index (χ1) is 8.20. The molecule has 0 aromatic carbocycles. The molecule has 0 saturated carbocycles. The van der Waals surface area contributed by atoms with Gasteiger partial charge < -0.3 is 4.90 Å². The van der Waals surface area contributed by atoms with Crippen LogP contribution >= 0.6 is 11.6 Å². The van der Waals surface area contributed by atoms with E-state index in [4.69, 9.17) is 11.6 Å². The Morgan fingerprint density at radius 1 is 1.47 bits per heavy atom. The largest absolute Gasteiger partial charge is 0.370 e. The Balaban J connectivity index is 2.16. The molecule has 92 valence electrons. The first-order valence-corrected chi connectivity index (χ1v) is 6.29. The molecule has 1 saturated heterocycles. The van der Waals surface area contributed by atoms with E-state index in [0.717, 1.165) is 24.4 Å². The van der Waals surface area contributed by atoms with E-state index in [1.807, 2.05) is 0 Å². The molecule has 0 amide bonds. The molecule has 1 fully saturated rings. The monoisotopic (exact) mass is 253 g/mol. The lowest BCUT2D eigenvalue weighted by atomic mass is 10.3. The fourth-order valence-electron chi connectivity index (χ4n) is 1.95.